The largest absolute Gasteiger partial charge is 0.397 e. The smallest absolute Gasteiger partial charge is 0.256 e. The Morgan fingerprint density at radius 2 is 2.14 bits per heavy atom. The van der Waals surface area contributed by atoms with Crippen LogP contribution in [0.25, 0.3) is 10.8 Å². The van der Waals surface area contributed by atoms with Crippen molar-refractivity contribution in [1.82, 2.24) is 4.98 Å². The van der Waals surface area contributed by atoms with E-state index in [-0.39, 0.29) is 5.56 Å². The Kier molecular flexibility index (Phi) is 2.07. The summed E-state index contributed by atoms with van der Waals surface area (Å²) in [6, 6.07) is 5.45. The first-order valence-corrected chi connectivity index (χ1v) is 4.97. The summed E-state index contributed by atoms with van der Waals surface area (Å²) in [5.74, 6) is 0. The summed E-state index contributed by atoms with van der Waals surface area (Å²) >= 11 is 3.38. The average molecular weight is 253 g/mol. The lowest BCUT2D eigenvalue weighted by molar-refractivity contribution is 1.17. The fraction of sp³-hybridized carbons (Fsp3) is 0.100. The zero-order valence-electron chi connectivity index (χ0n) is 7.60. The van der Waals surface area contributed by atoms with Crippen molar-refractivity contribution in [3.8, 4) is 0 Å². The molecular formula is C10H9BrN2O. The van der Waals surface area contributed by atoms with Crippen LogP contribution in [-0.4, -0.2) is 4.98 Å². The van der Waals surface area contributed by atoms with Gasteiger partial charge in [0.25, 0.3) is 5.56 Å². The lowest BCUT2D eigenvalue weighted by Crippen LogP contribution is -2.10. The summed E-state index contributed by atoms with van der Waals surface area (Å²) < 4.78 is 0.849. The summed E-state index contributed by atoms with van der Waals surface area (Å²) in [5, 5.41) is 1.40. The summed E-state index contributed by atoms with van der Waals surface area (Å²) in [4.78, 5) is 14.3. The minimum absolute atomic E-state index is 0.104. The fourth-order valence-corrected chi connectivity index (χ4v) is 2.06. The first-order valence-electron chi connectivity index (χ1n) is 4.18. The predicted molar refractivity (Wildman–Crippen MR) is 61.4 cm³/mol. The van der Waals surface area contributed by atoms with Crippen LogP contribution in [0.15, 0.2) is 27.5 Å². The molecule has 2 rings (SSSR count). The SMILES string of the molecule is Cc1[nH]c(=O)c2cccc(Br)c2c1N. The second-order valence-corrected chi connectivity index (χ2v) is 4.01. The number of aromatic amines is 1. The Morgan fingerprint density at radius 1 is 1.43 bits per heavy atom. The van der Waals surface area contributed by atoms with Gasteiger partial charge in [0, 0.05) is 15.6 Å². The highest BCUT2D eigenvalue weighted by Gasteiger charge is 2.07. The van der Waals surface area contributed by atoms with Crippen molar-refractivity contribution in [2.24, 2.45) is 0 Å². The molecular weight excluding hydrogens is 244 g/mol. The molecule has 1 aromatic carbocycles. The molecule has 4 heteroatoms. The number of aryl methyl sites for hydroxylation is 1. The molecule has 3 nitrogen and oxygen atoms in total. The van der Waals surface area contributed by atoms with Crippen LogP contribution in [0.2, 0.25) is 0 Å². The van der Waals surface area contributed by atoms with Gasteiger partial charge in [-0.1, -0.05) is 22.0 Å². The van der Waals surface area contributed by atoms with Crippen LogP contribution in [-0.2, 0) is 0 Å². The van der Waals surface area contributed by atoms with E-state index in [4.69, 9.17) is 5.73 Å². The van der Waals surface area contributed by atoms with Gasteiger partial charge in [0.15, 0.2) is 0 Å². The third kappa shape index (κ3) is 1.23. The van der Waals surface area contributed by atoms with Crippen LogP contribution in [0.1, 0.15) is 5.69 Å². The van der Waals surface area contributed by atoms with Crippen LogP contribution >= 0.6 is 15.9 Å². The third-order valence-corrected chi connectivity index (χ3v) is 2.89. The molecule has 0 radical (unpaired) electrons. The van der Waals surface area contributed by atoms with E-state index in [1.165, 1.54) is 0 Å². The normalized spacial score (nSPS) is 10.7. The van der Waals surface area contributed by atoms with E-state index in [0.29, 0.717) is 16.8 Å². The van der Waals surface area contributed by atoms with Crippen molar-refractivity contribution in [3.05, 3.63) is 38.7 Å². The number of nitrogen functional groups attached to an aromatic ring is 1. The summed E-state index contributed by atoms with van der Waals surface area (Å²) in [5.41, 5.74) is 7.10. The van der Waals surface area contributed by atoms with Crippen LogP contribution in [0.3, 0.4) is 0 Å². The van der Waals surface area contributed by atoms with E-state index < -0.39 is 0 Å². The number of fused-ring (bicyclic) bond motifs is 1. The Morgan fingerprint density at radius 3 is 2.86 bits per heavy atom. The Balaban J connectivity index is 3.11. The van der Waals surface area contributed by atoms with Gasteiger partial charge < -0.3 is 10.7 Å². The van der Waals surface area contributed by atoms with Crippen molar-refractivity contribution in [3.63, 3.8) is 0 Å². The molecule has 14 heavy (non-hydrogen) atoms. The molecule has 3 N–H and O–H groups in total. The number of H-pyrrole nitrogens is 1. The van der Waals surface area contributed by atoms with Crippen molar-refractivity contribution in [2.75, 3.05) is 5.73 Å². The van der Waals surface area contributed by atoms with Crippen LogP contribution < -0.4 is 11.3 Å². The molecule has 2 aromatic rings. The monoisotopic (exact) mass is 252 g/mol. The number of pyridine rings is 1. The van der Waals surface area contributed by atoms with Gasteiger partial charge in [0.1, 0.15) is 0 Å². The molecule has 0 bridgehead atoms. The first-order chi connectivity index (χ1) is 6.61. The van der Waals surface area contributed by atoms with E-state index in [2.05, 4.69) is 20.9 Å². The molecule has 0 fully saturated rings. The molecule has 0 saturated heterocycles. The van der Waals surface area contributed by atoms with Crippen LogP contribution in [0.5, 0.6) is 0 Å². The second-order valence-electron chi connectivity index (χ2n) is 3.16. The fourth-order valence-electron chi connectivity index (χ4n) is 1.48. The second kappa shape index (κ2) is 3.13. The van der Waals surface area contributed by atoms with Crippen molar-refractivity contribution in [1.29, 1.82) is 0 Å². The quantitative estimate of drug-likeness (QED) is 0.755. The van der Waals surface area contributed by atoms with Gasteiger partial charge in [-0.3, -0.25) is 4.79 Å². The summed E-state index contributed by atoms with van der Waals surface area (Å²) in [6.07, 6.45) is 0. The van der Waals surface area contributed by atoms with Gasteiger partial charge in [-0.05, 0) is 19.1 Å². The number of benzene rings is 1. The Bertz CT molecular complexity index is 560. The van der Waals surface area contributed by atoms with E-state index in [1.807, 2.05) is 12.1 Å². The molecule has 0 aliphatic rings. The molecule has 0 aliphatic heterocycles. The zero-order chi connectivity index (χ0) is 10.3. The number of nitrogens with two attached hydrogens (primary N) is 1. The molecule has 0 atom stereocenters. The first kappa shape index (κ1) is 9.27. The van der Waals surface area contributed by atoms with E-state index in [9.17, 15) is 4.79 Å². The molecule has 0 saturated carbocycles. The topological polar surface area (TPSA) is 58.9 Å². The van der Waals surface area contributed by atoms with Gasteiger partial charge in [-0.15, -0.1) is 0 Å². The molecule has 0 spiro atoms. The predicted octanol–water partition coefficient (Wildman–Crippen LogP) is 2.18. The lowest BCUT2D eigenvalue weighted by atomic mass is 10.1. The van der Waals surface area contributed by atoms with Gasteiger partial charge >= 0.3 is 0 Å². The average Bonchev–Trinajstić information content (AvgIpc) is 2.14. The number of halogens is 1. The van der Waals surface area contributed by atoms with Crippen LogP contribution in [0.4, 0.5) is 5.69 Å². The lowest BCUT2D eigenvalue weighted by Gasteiger charge is -2.06. The number of aromatic nitrogens is 1. The number of nitrogens with one attached hydrogen (secondary N) is 1. The third-order valence-electron chi connectivity index (χ3n) is 2.23. The molecule has 0 aliphatic carbocycles. The minimum atomic E-state index is -0.104. The molecule has 1 heterocycles. The van der Waals surface area contributed by atoms with Gasteiger partial charge in [0.2, 0.25) is 0 Å². The number of rotatable bonds is 0. The minimum Gasteiger partial charge on any atom is -0.397 e. The highest BCUT2D eigenvalue weighted by molar-refractivity contribution is 9.10. The molecule has 0 amide bonds. The van der Waals surface area contributed by atoms with Crippen molar-refractivity contribution >= 4 is 32.4 Å². The van der Waals surface area contributed by atoms with E-state index in [1.54, 1.807) is 13.0 Å². The van der Waals surface area contributed by atoms with E-state index in [0.717, 1.165) is 9.86 Å². The summed E-state index contributed by atoms with van der Waals surface area (Å²) in [7, 11) is 0. The highest BCUT2D eigenvalue weighted by Crippen LogP contribution is 2.27. The number of hydrogen-bond acceptors (Lipinski definition) is 2. The van der Waals surface area contributed by atoms with Crippen molar-refractivity contribution in [2.45, 2.75) is 6.92 Å². The maximum Gasteiger partial charge on any atom is 0.256 e. The number of anilines is 1. The number of hydrogen-bond donors (Lipinski definition) is 2. The Labute approximate surface area is 89.1 Å². The maximum absolute atomic E-state index is 11.6. The summed E-state index contributed by atoms with van der Waals surface area (Å²) in [6.45, 7) is 1.79. The van der Waals surface area contributed by atoms with Crippen LogP contribution in [0, 0.1) is 6.92 Å². The van der Waals surface area contributed by atoms with E-state index >= 15 is 0 Å². The van der Waals surface area contributed by atoms with Crippen molar-refractivity contribution < 1.29 is 0 Å². The van der Waals surface area contributed by atoms with Gasteiger partial charge in [-0.2, -0.15) is 0 Å². The van der Waals surface area contributed by atoms with Gasteiger partial charge in [0.05, 0.1) is 11.1 Å². The zero-order valence-corrected chi connectivity index (χ0v) is 9.18. The highest BCUT2D eigenvalue weighted by atomic mass is 79.9. The Hall–Kier alpha value is -1.29. The van der Waals surface area contributed by atoms with Gasteiger partial charge in [-0.25, -0.2) is 0 Å². The maximum atomic E-state index is 11.6. The standard InChI is InChI=1S/C10H9BrN2O/c1-5-9(12)8-6(10(14)13-5)3-2-4-7(8)11/h2-4H,12H2,1H3,(H,13,14). The molecule has 72 valence electrons. The molecule has 1 aromatic heterocycles. The molecule has 0 unspecified atom stereocenters.